The first-order chi connectivity index (χ1) is 9.75. The third-order valence-corrected chi connectivity index (χ3v) is 3.73. The zero-order valence-corrected chi connectivity index (χ0v) is 11.9. The summed E-state index contributed by atoms with van der Waals surface area (Å²) in [6, 6.07) is 3.53. The molecule has 2 aliphatic rings. The van der Waals surface area contributed by atoms with Crippen molar-refractivity contribution in [3.8, 4) is 11.5 Å². The Hall–Kier alpha value is -1.39. The van der Waals surface area contributed by atoms with Crippen LogP contribution < -0.4 is 9.47 Å². The van der Waals surface area contributed by atoms with Crippen molar-refractivity contribution in [1.29, 1.82) is 0 Å². The summed E-state index contributed by atoms with van der Waals surface area (Å²) in [6.45, 7) is 1.89. The molecule has 0 radical (unpaired) electrons. The van der Waals surface area contributed by atoms with E-state index in [0.29, 0.717) is 41.9 Å². The Bertz CT molecular complexity index is 527. The zero-order valence-electron chi connectivity index (χ0n) is 11.1. The van der Waals surface area contributed by atoms with Gasteiger partial charge in [0.1, 0.15) is 6.10 Å². The summed E-state index contributed by atoms with van der Waals surface area (Å²) >= 11 is 6.24. The number of aliphatic hydroxyl groups excluding tert-OH is 1. The smallest absolute Gasteiger partial charge is 0.179 e. The summed E-state index contributed by atoms with van der Waals surface area (Å²) in [7, 11) is 0. The molecule has 0 aromatic heterocycles. The number of fused-ring (bicyclic) bond motifs is 1. The Kier molecular flexibility index (Phi) is 4.03. The van der Waals surface area contributed by atoms with Crippen LogP contribution in [0.4, 0.5) is 0 Å². The van der Waals surface area contributed by atoms with Crippen LogP contribution in [0.2, 0.25) is 5.02 Å². The molecule has 0 saturated carbocycles. The molecule has 1 N–H and O–H groups in total. The van der Waals surface area contributed by atoms with E-state index in [-0.39, 0.29) is 0 Å². The van der Waals surface area contributed by atoms with E-state index >= 15 is 0 Å². The van der Waals surface area contributed by atoms with Gasteiger partial charge in [0.2, 0.25) is 0 Å². The summed E-state index contributed by atoms with van der Waals surface area (Å²) < 4.78 is 16.5. The van der Waals surface area contributed by atoms with Crippen molar-refractivity contribution in [3.05, 3.63) is 34.6 Å². The second-order valence-corrected chi connectivity index (χ2v) is 5.36. The predicted molar refractivity (Wildman–Crippen MR) is 75.3 cm³/mol. The molecule has 3 rings (SSSR count). The molecule has 0 bridgehead atoms. The van der Waals surface area contributed by atoms with Crippen molar-refractivity contribution in [3.63, 3.8) is 0 Å². The second kappa shape index (κ2) is 5.94. The van der Waals surface area contributed by atoms with Gasteiger partial charge in [-0.25, -0.2) is 0 Å². The fourth-order valence-electron chi connectivity index (χ4n) is 2.41. The maximum absolute atomic E-state index is 10.4. The van der Waals surface area contributed by atoms with Crippen LogP contribution in [0.1, 0.15) is 30.9 Å². The number of ether oxygens (including phenoxy) is 3. The van der Waals surface area contributed by atoms with E-state index in [1.54, 1.807) is 18.4 Å². The van der Waals surface area contributed by atoms with Gasteiger partial charge in [0.15, 0.2) is 11.5 Å². The SMILES string of the molecule is OC(C1=COCCC1)c1cc(Cl)c2c(c1)OCCCO2. The number of rotatable bonds is 2. The highest BCUT2D eigenvalue weighted by atomic mass is 35.5. The molecule has 0 saturated heterocycles. The lowest BCUT2D eigenvalue weighted by atomic mass is 9.97. The molecule has 0 fully saturated rings. The average Bonchev–Trinajstić information content (AvgIpc) is 2.73. The molecule has 1 unspecified atom stereocenters. The van der Waals surface area contributed by atoms with Crippen molar-refractivity contribution >= 4 is 11.6 Å². The van der Waals surface area contributed by atoms with Crippen LogP contribution in [-0.4, -0.2) is 24.9 Å². The van der Waals surface area contributed by atoms with Crippen LogP contribution in [0.5, 0.6) is 11.5 Å². The van der Waals surface area contributed by atoms with Crippen LogP contribution in [0, 0.1) is 0 Å². The molecule has 20 heavy (non-hydrogen) atoms. The van der Waals surface area contributed by atoms with Crippen LogP contribution in [0.3, 0.4) is 0 Å². The van der Waals surface area contributed by atoms with Crippen LogP contribution in [-0.2, 0) is 4.74 Å². The maximum Gasteiger partial charge on any atom is 0.179 e. The summed E-state index contributed by atoms with van der Waals surface area (Å²) in [5, 5.41) is 10.9. The highest BCUT2D eigenvalue weighted by Crippen LogP contribution is 2.41. The predicted octanol–water partition coefficient (Wildman–Crippen LogP) is 3.23. The first-order valence-corrected chi connectivity index (χ1v) is 7.21. The summed E-state index contributed by atoms with van der Waals surface area (Å²) in [5.41, 5.74) is 1.57. The van der Waals surface area contributed by atoms with Gasteiger partial charge < -0.3 is 19.3 Å². The molecular weight excluding hydrogens is 280 g/mol. The quantitative estimate of drug-likeness (QED) is 0.910. The fraction of sp³-hybridized carbons (Fsp3) is 0.467. The van der Waals surface area contributed by atoms with Crippen LogP contribution >= 0.6 is 11.6 Å². The highest BCUT2D eigenvalue weighted by Gasteiger charge is 2.21. The maximum atomic E-state index is 10.4. The topological polar surface area (TPSA) is 47.9 Å². The number of hydrogen-bond donors (Lipinski definition) is 1. The Balaban J connectivity index is 1.92. The van der Waals surface area contributed by atoms with Gasteiger partial charge in [-0.3, -0.25) is 0 Å². The number of benzene rings is 1. The molecule has 4 nitrogen and oxygen atoms in total. The number of halogens is 1. The largest absolute Gasteiger partial charge is 0.501 e. The molecule has 2 heterocycles. The summed E-state index contributed by atoms with van der Waals surface area (Å²) in [4.78, 5) is 0. The van der Waals surface area contributed by atoms with Gasteiger partial charge in [0, 0.05) is 6.42 Å². The molecule has 1 atom stereocenters. The summed E-state index contributed by atoms with van der Waals surface area (Å²) in [5.74, 6) is 1.16. The van der Waals surface area contributed by atoms with E-state index in [9.17, 15) is 5.11 Å². The minimum atomic E-state index is -0.718. The van der Waals surface area contributed by atoms with E-state index in [1.807, 2.05) is 0 Å². The van der Waals surface area contributed by atoms with E-state index in [0.717, 1.165) is 24.8 Å². The van der Waals surface area contributed by atoms with E-state index in [2.05, 4.69) is 0 Å². The first kappa shape index (κ1) is 13.6. The average molecular weight is 297 g/mol. The number of aliphatic hydroxyl groups is 1. The van der Waals surface area contributed by atoms with Gasteiger partial charge >= 0.3 is 0 Å². The lowest BCUT2D eigenvalue weighted by molar-refractivity contribution is 0.170. The van der Waals surface area contributed by atoms with Gasteiger partial charge in [0.25, 0.3) is 0 Å². The Morgan fingerprint density at radius 2 is 1.95 bits per heavy atom. The van der Waals surface area contributed by atoms with Gasteiger partial charge in [-0.05, 0) is 36.1 Å². The molecule has 1 aromatic rings. The third kappa shape index (κ3) is 2.72. The second-order valence-electron chi connectivity index (χ2n) is 4.95. The molecule has 1 aromatic carbocycles. The van der Waals surface area contributed by atoms with Crippen molar-refractivity contribution in [2.75, 3.05) is 19.8 Å². The first-order valence-electron chi connectivity index (χ1n) is 6.83. The standard InChI is InChI=1S/C15H17ClO4/c16-12-7-11(14(17)10-3-1-4-18-9-10)8-13-15(12)20-6-2-5-19-13/h7-9,14,17H,1-6H2. The molecule has 0 aliphatic carbocycles. The van der Waals surface area contributed by atoms with E-state index in [4.69, 9.17) is 25.8 Å². The van der Waals surface area contributed by atoms with Crippen molar-refractivity contribution in [2.45, 2.75) is 25.4 Å². The highest BCUT2D eigenvalue weighted by molar-refractivity contribution is 6.32. The molecule has 0 spiro atoms. The van der Waals surface area contributed by atoms with Crippen molar-refractivity contribution in [1.82, 2.24) is 0 Å². The monoisotopic (exact) mass is 296 g/mol. The zero-order chi connectivity index (χ0) is 13.9. The van der Waals surface area contributed by atoms with Crippen molar-refractivity contribution < 1.29 is 19.3 Å². The molecular formula is C15H17ClO4. The van der Waals surface area contributed by atoms with Gasteiger partial charge in [-0.1, -0.05) is 11.6 Å². The van der Waals surface area contributed by atoms with Gasteiger partial charge in [0.05, 0.1) is 31.1 Å². The lowest BCUT2D eigenvalue weighted by Crippen LogP contribution is -2.08. The molecule has 0 amide bonds. The summed E-state index contributed by atoms with van der Waals surface area (Å²) in [6.07, 6.45) is 3.49. The van der Waals surface area contributed by atoms with Gasteiger partial charge in [-0.2, -0.15) is 0 Å². The van der Waals surface area contributed by atoms with Crippen molar-refractivity contribution in [2.24, 2.45) is 0 Å². The Morgan fingerprint density at radius 1 is 1.10 bits per heavy atom. The Labute approximate surface area is 122 Å². The molecule has 108 valence electrons. The van der Waals surface area contributed by atoms with Gasteiger partial charge in [-0.15, -0.1) is 0 Å². The Morgan fingerprint density at radius 3 is 2.75 bits per heavy atom. The fourth-order valence-corrected chi connectivity index (χ4v) is 2.68. The van der Waals surface area contributed by atoms with E-state index < -0.39 is 6.10 Å². The lowest BCUT2D eigenvalue weighted by Gasteiger charge is -2.20. The van der Waals surface area contributed by atoms with Crippen LogP contribution in [0.15, 0.2) is 24.0 Å². The van der Waals surface area contributed by atoms with E-state index in [1.165, 1.54) is 0 Å². The molecule has 5 heteroatoms. The third-order valence-electron chi connectivity index (χ3n) is 3.45. The number of hydrogen-bond acceptors (Lipinski definition) is 4. The minimum absolute atomic E-state index is 0.468. The van der Waals surface area contributed by atoms with Crippen LogP contribution in [0.25, 0.3) is 0 Å². The normalized spacial score (nSPS) is 19.6. The minimum Gasteiger partial charge on any atom is -0.501 e. The molecule has 2 aliphatic heterocycles.